The molecule has 0 unspecified atom stereocenters. The largest absolute Gasteiger partial charge is 0.391 e. The number of rotatable bonds is 4. The fraction of sp³-hybridized carbons (Fsp3) is 0.316. The van der Waals surface area contributed by atoms with Crippen LogP contribution in [-0.2, 0) is 11.3 Å². The molecule has 5 heteroatoms. The van der Waals surface area contributed by atoms with Gasteiger partial charge in [-0.05, 0) is 41.8 Å². The Morgan fingerprint density at radius 3 is 2.50 bits per heavy atom. The first-order valence-electron chi connectivity index (χ1n) is 7.91. The number of ether oxygens (including phenoxy) is 1. The maximum Gasteiger partial charge on any atom is 0.254 e. The molecule has 0 aromatic heterocycles. The second-order valence-corrected chi connectivity index (χ2v) is 6.04. The Morgan fingerprint density at radius 2 is 1.88 bits per heavy atom. The van der Waals surface area contributed by atoms with Gasteiger partial charge in [0.25, 0.3) is 5.91 Å². The summed E-state index contributed by atoms with van der Waals surface area (Å²) in [4.78, 5) is 14.5. The molecule has 2 aromatic carbocycles. The lowest BCUT2D eigenvalue weighted by Crippen LogP contribution is -2.31. The van der Waals surface area contributed by atoms with Crippen LogP contribution in [0, 0.1) is 5.82 Å². The predicted octanol–water partition coefficient (Wildman–Crippen LogP) is 2.92. The minimum Gasteiger partial charge on any atom is -0.391 e. The zero-order valence-corrected chi connectivity index (χ0v) is 13.5. The fourth-order valence-corrected chi connectivity index (χ4v) is 3.12. The number of methoxy groups -OCH3 is 1. The monoisotopic (exact) mass is 329 g/mol. The molecule has 1 saturated heterocycles. The average Bonchev–Trinajstić information content (AvgIpc) is 2.98. The maximum absolute atomic E-state index is 13.1. The Kier molecular flexibility index (Phi) is 4.92. The van der Waals surface area contributed by atoms with Crippen molar-refractivity contribution in [1.29, 1.82) is 0 Å². The lowest BCUT2D eigenvalue weighted by molar-refractivity contribution is 0.0715. The van der Waals surface area contributed by atoms with Gasteiger partial charge in [0.1, 0.15) is 5.82 Å². The lowest BCUT2D eigenvalue weighted by atomic mass is 10.0. The maximum atomic E-state index is 13.1. The SMILES string of the molecule is COCc1ccc(C(=O)N2C[C@H](O)C[C@H]2c2ccc(F)cc2)cc1. The number of halogens is 1. The molecular weight excluding hydrogens is 309 g/mol. The summed E-state index contributed by atoms with van der Waals surface area (Å²) in [5.74, 6) is -0.450. The first-order chi connectivity index (χ1) is 11.6. The van der Waals surface area contributed by atoms with Crippen LogP contribution in [0.5, 0.6) is 0 Å². The second kappa shape index (κ2) is 7.11. The second-order valence-electron chi connectivity index (χ2n) is 6.04. The Hall–Kier alpha value is -2.24. The molecule has 0 aliphatic carbocycles. The molecule has 3 rings (SSSR count). The quantitative estimate of drug-likeness (QED) is 0.938. The van der Waals surface area contributed by atoms with Gasteiger partial charge in [0.2, 0.25) is 0 Å². The third-order valence-electron chi connectivity index (χ3n) is 4.31. The molecule has 1 N–H and O–H groups in total. The number of benzene rings is 2. The van der Waals surface area contributed by atoms with Crippen LogP contribution in [0.2, 0.25) is 0 Å². The van der Waals surface area contributed by atoms with Crippen molar-refractivity contribution >= 4 is 5.91 Å². The number of carbonyl (C=O) groups excluding carboxylic acids is 1. The van der Waals surface area contributed by atoms with Crippen LogP contribution in [0.3, 0.4) is 0 Å². The molecule has 1 aliphatic heterocycles. The molecule has 1 aliphatic rings. The highest BCUT2D eigenvalue weighted by atomic mass is 19.1. The molecule has 0 bridgehead atoms. The van der Waals surface area contributed by atoms with Crippen molar-refractivity contribution in [3.8, 4) is 0 Å². The van der Waals surface area contributed by atoms with E-state index in [1.165, 1.54) is 12.1 Å². The zero-order valence-electron chi connectivity index (χ0n) is 13.5. The molecule has 0 radical (unpaired) electrons. The number of aliphatic hydroxyl groups excluding tert-OH is 1. The molecule has 1 heterocycles. The van der Waals surface area contributed by atoms with Gasteiger partial charge in [-0.15, -0.1) is 0 Å². The van der Waals surface area contributed by atoms with Crippen molar-refractivity contribution in [2.24, 2.45) is 0 Å². The summed E-state index contributed by atoms with van der Waals surface area (Å²) in [6.07, 6.45) is -0.115. The number of aliphatic hydroxyl groups is 1. The summed E-state index contributed by atoms with van der Waals surface area (Å²) in [5, 5.41) is 10.0. The standard InChI is InChI=1S/C19H20FNO3/c1-24-12-13-2-4-15(5-3-13)19(23)21-11-17(22)10-18(21)14-6-8-16(20)9-7-14/h2-9,17-18,22H,10-12H2,1H3/t17-,18+/m1/s1. The first-order valence-corrected chi connectivity index (χ1v) is 7.91. The highest BCUT2D eigenvalue weighted by Gasteiger charge is 2.35. The third-order valence-corrected chi connectivity index (χ3v) is 4.31. The molecule has 1 amide bonds. The van der Waals surface area contributed by atoms with Crippen molar-refractivity contribution in [1.82, 2.24) is 4.90 Å². The van der Waals surface area contributed by atoms with Gasteiger partial charge in [0, 0.05) is 19.2 Å². The molecule has 0 saturated carbocycles. The van der Waals surface area contributed by atoms with Crippen LogP contribution in [0.15, 0.2) is 48.5 Å². The molecular formula is C19H20FNO3. The van der Waals surface area contributed by atoms with Crippen LogP contribution in [0.1, 0.15) is 33.9 Å². The van der Waals surface area contributed by atoms with Gasteiger partial charge < -0.3 is 14.7 Å². The summed E-state index contributed by atoms with van der Waals surface area (Å²) in [6.45, 7) is 0.774. The zero-order chi connectivity index (χ0) is 17.1. The Bertz CT molecular complexity index is 700. The van der Waals surface area contributed by atoms with E-state index in [-0.39, 0.29) is 24.3 Å². The van der Waals surface area contributed by atoms with Crippen molar-refractivity contribution < 1.29 is 19.0 Å². The van der Waals surface area contributed by atoms with E-state index in [0.717, 1.165) is 11.1 Å². The molecule has 1 fully saturated rings. The van der Waals surface area contributed by atoms with E-state index >= 15 is 0 Å². The Balaban J connectivity index is 1.82. The van der Waals surface area contributed by atoms with E-state index in [4.69, 9.17) is 4.74 Å². The molecule has 24 heavy (non-hydrogen) atoms. The highest BCUT2D eigenvalue weighted by molar-refractivity contribution is 5.94. The van der Waals surface area contributed by atoms with Crippen LogP contribution in [-0.4, -0.2) is 35.7 Å². The minimum absolute atomic E-state index is 0.134. The third kappa shape index (κ3) is 3.47. The van der Waals surface area contributed by atoms with Crippen molar-refractivity contribution in [2.75, 3.05) is 13.7 Å². The van der Waals surface area contributed by atoms with E-state index in [9.17, 15) is 14.3 Å². The predicted molar refractivity (Wildman–Crippen MR) is 88.0 cm³/mol. The van der Waals surface area contributed by atoms with Crippen LogP contribution >= 0.6 is 0 Å². The molecule has 2 atom stereocenters. The normalized spacial score (nSPS) is 20.4. The molecule has 0 spiro atoms. The number of nitrogens with zero attached hydrogens (tertiary/aromatic N) is 1. The molecule has 126 valence electrons. The first kappa shape index (κ1) is 16.6. The number of hydrogen-bond acceptors (Lipinski definition) is 3. The van der Waals surface area contributed by atoms with E-state index in [0.29, 0.717) is 18.6 Å². The van der Waals surface area contributed by atoms with Crippen molar-refractivity contribution in [3.05, 3.63) is 71.0 Å². The van der Waals surface area contributed by atoms with Crippen molar-refractivity contribution in [2.45, 2.75) is 25.2 Å². The van der Waals surface area contributed by atoms with E-state index < -0.39 is 6.10 Å². The van der Waals surface area contributed by atoms with E-state index in [2.05, 4.69) is 0 Å². The average molecular weight is 329 g/mol. The van der Waals surface area contributed by atoms with Gasteiger partial charge in [-0.1, -0.05) is 24.3 Å². The number of likely N-dealkylation sites (tertiary alicyclic amines) is 1. The number of amides is 1. The lowest BCUT2D eigenvalue weighted by Gasteiger charge is -2.25. The number of hydrogen-bond donors (Lipinski definition) is 1. The van der Waals surface area contributed by atoms with Gasteiger partial charge >= 0.3 is 0 Å². The van der Waals surface area contributed by atoms with Crippen LogP contribution in [0.25, 0.3) is 0 Å². The van der Waals surface area contributed by atoms with Gasteiger partial charge in [0.05, 0.1) is 18.8 Å². The molecule has 4 nitrogen and oxygen atoms in total. The summed E-state index contributed by atoms with van der Waals surface area (Å²) >= 11 is 0. The van der Waals surface area contributed by atoms with Gasteiger partial charge in [0.15, 0.2) is 0 Å². The Morgan fingerprint density at radius 1 is 1.21 bits per heavy atom. The van der Waals surface area contributed by atoms with Crippen LogP contribution < -0.4 is 0 Å². The number of β-amino-alcohol motifs (C(OH)–C–C–N with tert-alkyl or cyclic N) is 1. The van der Waals surface area contributed by atoms with Gasteiger partial charge in [-0.25, -0.2) is 4.39 Å². The van der Waals surface area contributed by atoms with E-state index in [1.807, 2.05) is 12.1 Å². The summed E-state index contributed by atoms with van der Waals surface area (Å²) < 4.78 is 18.2. The number of carbonyl (C=O) groups is 1. The summed E-state index contributed by atoms with van der Waals surface area (Å²) in [7, 11) is 1.62. The fourth-order valence-electron chi connectivity index (χ4n) is 3.12. The summed E-state index contributed by atoms with van der Waals surface area (Å²) in [6, 6.07) is 13.1. The topological polar surface area (TPSA) is 49.8 Å². The van der Waals surface area contributed by atoms with Crippen LogP contribution in [0.4, 0.5) is 4.39 Å². The van der Waals surface area contributed by atoms with Gasteiger partial charge in [-0.3, -0.25) is 4.79 Å². The highest BCUT2D eigenvalue weighted by Crippen LogP contribution is 2.33. The van der Waals surface area contributed by atoms with E-state index in [1.54, 1.807) is 36.3 Å². The molecule has 2 aromatic rings. The van der Waals surface area contributed by atoms with Gasteiger partial charge in [-0.2, -0.15) is 0 Å². The van der Waals surface area contributed by atoms with Crippen molar-refractivity contribution in [3.63, 3.8) is 0 Å². The Labute approximate surface area is 140 Å². The smallest absolute Gasteiger partial charge is 0.254 e. The minimum atomic E-state index is -0.572. The summed E-state index contributed by atoms with van der Waals surface area (Å²) in [5.41, 5.74) is 2.39.